The molecule has 0 unspecified atom stereocenters. The Morgan fingerprint density at radius 2 is 2.04 bits per heavy atom. The predicted octanol–water partition coefficient (Wildman–Crippen LogP) is 3.32. The molecule has 1 N–H and O–H groups in total. The molecular weight excluding hydrogens is 340 g/mol. The monoisotopic (exact) mass is 356 g/mol. The lowest BCUT2D eigenvalue weighted by atomic mass is 9.85. The lowest BCUT2D eigenvalue weighted by molar-refractivity contribution is 0.0610. The molecule has 0 saturated heterocycles. The van der Waals surface area contributed by atoms with Crippen LogP contribution in [0.5, 0.6) is 0 Å². The van der Waals surface area contributed by atoms with Crippen molar-refractivity contribution < 1.29 is 9.52 Å². The van der Waals surface area contributed by atoms with Gasteiger partial charge in [0.25, 0.3) is 0 Å². The topological polar surface area (TPSA) is 77.0 Å². The molecule has 0 aliphatic heterocycles. The maximum atomic E-state index is 10.5. The minimum absolute atomic E-state index is 0.235. The number of fused-ring (bicyclic) bond motifs is 1. The number of furan rings is 1. The van der Waals surface area contributed by atoms with Crippen molar-refractivity contribution >= 4 is 22.8 Å². The maximum Gasteiger partial charge on any atom is 0.208 e. The van der Waals surface area contributed by atoms with Crippen LogP contribution in [0.4, 0.5) is 0 Å². The number of aryl methyl sites for hydroxylation is 1. The molecule has 128 valence electrons. The summed E-state index contributed by atoms with van der Waals surface area (Å²) in [5.41, 5.74) is 0.123. The van der Waals surface area contributed by atoms with Gasteiger partial charge in [-0.3, -0.25) is 0 Å². The number of halogens is 1. The summed E-state index contributed by atoms with van der Waals surface area (Å²) in [5.74, 6) is 7.35. The highest BCUT2D eigenvalue weighted by molar-refractivity contribution is 6.33. The first-order valence-electron chi connectivity index (χ1n) is 8.25. The van der Waals surface area contributed by atoms with E-state index < -0.39 is 5.60 Å². The van der Waals surface area contributed by atoms with Crippen molar-refractivity contribution in [3.8, 4) is 23.4 Å². The summed E-state index contributed by atoms with van der Waals surface area (Å²) < 4.78 is 7.20. The highest BCUT2D eigenvalue weighted by Crippen LogP contribution is 2.28. The van der Waals surface area contributed by atoms with Gasteiger partial charge in [0.1, 0.15) is 11.1 Å². The lowest BCUT2D eigenvalue weighted by Crippen LogP contribution is -2.29. The van der Waals surface area contributed by atoms with E-state index in [0.717, 1.165) is 19.3 Å². The van der Waals surface area contributed by atoms with Gasteiger partial charge in [-0.2, -0.15) is 0 Å². The molecule has 0 amide bonds. The fraction of sp³-hybridized carbons (Fsp3) is 0.389. The first-order valence-corrected chi connectivity index (χ1v) is 8.63. The normalized spacial score (nSPS) is 16.6. The first-order chi connectivity index (χ1) is 12.1. The van der Waals surface area contributed by atoms with Gasteiger partial charge < -0.3 is 14.1 Å². The van der Waals surface area contributed by atoms with Crippen LogP contribution in [0.25, 0.3) is 22.7 Å². The van der Waals surface area contributed by atoms with Crippen LogP contribution in [-0.4, -0.2) is 30.2 Å². The quantitative estimate of drug-likeness (QED) is 0.534. The van der Waals surface area contributed by atoms with E-state index >= 15 is 0 Å². The van der Waals surface area contributed by atoms with Crippen molar-refractivity contribution in [2.45, 2.75) is 37.7 Å². The van der Waals surface area contributed by atoms with Gasteiger partial charge in [0.15, 0.2) is 22.4 Å². The SMILES string of the molecule is Cn1c(-c2ccco2)nc2c(Cl)nc(C#CC3(O)CCCCC3)nc21. The zero-order chi connectivity index (χ0) is 17.4. The molecule has 4 rings (SSSR count). The van der Waals surface area contributed by atoms with Crippen molar-refractivity contribution in [1.82, 2.24) is 19.5 Å². The van der Waals surface area contributed by atoms with Gasteiger partial charge in [-0.25, -0.2) is 15.0 Å². The molecule has 1 aliphatic rings. The smallest absolute Gasteiger partial charge is 0.208 e. The van der Waals surface area contributed by atoms with Crippen LogP contribution in [0.3, 0.4) is 0 Å². The second kappa shape index (κ2) is 6.17. The van der Waals surface area contributed by atoms with E-state index in [1.165, 1.54) is 0 Å². The largest absolute Gasteiger partial charge is 0.461 e. The number of imidazole rings is 1. The van der Waals surface area contributed by atoms with Crippen molar-refractivity contribution in [1.29, 1.82) is 0 Å². The first kappa shape index (κ1) is 16.1. The van der Waals surface area contributed by atoms with Crippen LogP contribution in [-0.2, 0) is 7.05 Å². The summed E-state index contributed by atoms with van der Waals surface area (Å²) in [6, 6.07) is 3.62. The van der Waals surface area contributed by atoms with Crippen LogP contribution in [0, 0.1) is 11.8 Å². The standard InChI is InChI=1S/C18H17ClN4O2/c1-23-16(12-6-5-11-25-12)22-14-15(19)20-13(21-17(14)23)7-10-18(24)8-3-2-4-9-18/h5-6,11,24H,2-4,8-9H2,1H3. The summed E-state index contributed by atoms with van der Waals surface area (Å²) in [6.07, 6.45) is 6.07. The number of aromatic nitrogens is 4. The highest BCUT2D eigenvalue weighted by atomic mass is 35.5. The molecule has 7 heteroatoms. The molecule has 3 aromatic heterocycles. The Morgan fingerprint density at radius 1 is 1.24 bits per heavy atom. The average Bonchev–Trinajstić information content (AvgIpc) is 3.23. The minimum Gasteiger partial charge on any atom is -0.461 e. The van der Waals surface area contributed by atoms with Gasteiger partial charge in [0.2, 0.25) is 5.82 Å². The fourth-order valence-corrected chi connectivity index (χ4v) is 3.35. The molecule has 1 fully saturated rings. The number of nitrogens with zero attached hydrogens (tertiary/aromatic N) is 4. The molecule has 0 atom stereocenters. The van der Waals surface area contributed by atoms with Gasteiger partial charge in [-0.05, 0) is 43.7 Å². The van der Waals surface area contributed by atoms with Crippen molar-refractivity contribution in [3.63, 3.8) is 0 Å². The zero-order valence-corrected chi connectivity index (χ0v) is 14.5. The summed E-state index contributed by atoms with van der Waals surface area (Å²) in [7, 11) is 1.84. The maximum absolute atomic E-state index is 10.5. The molecule has 25 heavy (non-hydrogen) atoms. The summed E-state index contributed by atoms with van der Waals surface area (Å²) in [5, 5.41) is 10.7. The van der Waals surface area contributed by atoms with Crippen molar-refractivity contribution in [2.75, 3.05) is 0 Å². The summed E-state index contributed by atoms with van der Waals surface area (Å²) in [6.45, 7) is 0. The number of rotatable bonds is 1. The second-order valence-corrected chi connectivity index (χ2v) is 6.68. The van der Waals surface area contributed by atoms with E-state index in [-0.39, 0.29) is 11.0 Å². The Balaban J connectivity index is 1.76. The van der Waals surface area contributed by atoms with Crippen LogP contribution in [0.15, 0.2) is 22.8 Å². The van der Waals surface area contributed by atoms with Gasteiger partial charge in [0.05, 0.1) is 6.26 Å². The van der Waals surface area contributed by atoms with Crippen LogP contribution in [0.2, 0.25) is 5.15 Å². The Hall–Kier alpha value is -2.36. The van der Waals surface area contributed by atoms with E-state index in [1.807, 2.05) is 13.1 Å². The molecule has 0 radical (unpaired) electrons. The third-order valence-corrected chi connectivity index (χ3v) is 4.77. The molecule has 0 bridgehead atoms. The zero-order valence-electron chi connectivity index (χ0n) is 13.8. The lowest BCUT2D eigenvalue weighted by Gasteiger charge is -2.26. The van der Waals surface area contributed by atoms with Crippen molar-refractivity contribution in [3.05, 3.63) is 29.4 Å². The molecule has 1 saturated carbocycles. The minimum atomic E-state index is -0.950. The third kappa shape index (κ3) is 3.01. The van der Waals surface area contributed by atoms with Gasteiger partial charge in [-0.1, -0.05) is 23.9 Å². The number of hydrogen-bond donors (Lipinski definition) is 1. The molecule has 0 spiro atoms. The van der Waals surface area contributed by atoms with E-state index in [2.05, 4.69) is 26.8 Å². The van der Waals surface area contributed by atoms with Crippen LogP contribution >= 0.6 is 11.6 Å². The Kier molecular flexibility index (Phi) is 3.98. The fourth-order valence-electron chi connectivity index (χ4n) is 3.14. The molecule has 6 nitrogen and oxygen atoms in total. The van der Waals surface area contributed by atoms with Gasteiger partial charge >= 0.3 is 0 Å². The van der Waals surface area contributed by atoms with Gasteiger partial charge in [-0.15, -0.1) is 0 Å². The Morgan fingerprint density at radius 3 is 2.76 bits per heavy atom. The number of aliphatic hydroxyl groups is 1. The predicted molar refractivity (Wildman–Crippen MR) is 93.9 cm³/mol. The molecule has 0 aromatic carbocycles. The van der Waals surface area contributed by atoms with E-state index in [0.29, 0.717) is 35.6 Å². The molecule has 3 aromatic rings. The summed E-state index contributed by atoms with van der Waals surface area (Å²) in [4.78, 5) is 13.1. The van der Waals surface area contributed by atoms with Crippen LogP contribution in [0.1, 0.15) is 37.9 Å². The molecule has 3 heterocycles. The summed E-state index contributed by atoms with van der Waals surface area (Å²) >= 11 is 6.28. The molecular formula is C18H17ClN4O2. The Labute approximate surface area is 149 Å². The van der Waals surface area contributed by atoms with Gasteiger partial charge in [0, 0.05) is 7.05 Å². The Bertz CT molecular complexity index is 976. The van der Waals surface area contributed by atoms with Crippen molar-refractivity contribution in [2.24, 2.45) is 7.05 Å². The van der Waals surface area contributed by atoms with E-state index in [1.54, 1.807) is 16.9 Å². The average molecular weight is 357 g/mol. The third-order valence-electron chi connectivity index (χ3n) is 4.51. The second-order valence-electron chi connectivity index (χ2n) is 6.32. The van der Waals surface area contributed by atoms with E-state index in [9.17, 15) is 5.11 Å². The van der Waals surface area contributed by atoms with Crippen LogP contribution < -0.4 is 0 Å². The molecule has 1 aliphatic carbocycles. The number of hydrogen-bond acceptors (Lipinski definition) is 5. The van der Waals surface area contributed by atoms with E-state index in [4.69, 9.17) is 16.0 Å². The highest BCUT2D eigenvalue weighted by Gasteiger charge is 2.26.